The van der Waals surface area contributed by atoms with Crippen molar-refractivity contribution >= 4 is 22.5 Å². The second-order valence-electron chi connectivity index (χ2n) is 7.87. The molecule has 160 valence electrons. The number of hydrogen-bond donors (Lipinski definition) is 1. The minimum Gasteiger partial charge on any atom is -0.504 e. The standard InChI is InChI=1S/C24H24N2O5/c1-12(27)26-8-7-14-15-6-5-13-9-18(28)19(29-2)10-16(13)22(15)25-17-11-20(30-3)24(31-4)23(26)21(14)17/h9-11,28H,5-8H2,1-4H3. The summed E-state index contributed by atoms with van der Waals surface area (Å²) < 4.78 is 16.6. The molecule has 0 unspecified atom stereocenters. The van der Waals surface area contributed by atoms with Crippen molar-refractivity contribution in [3.8, 4) is 34.3 Å². The van der Waals surface area contributed by atoms with Crippen molar-refractivity contribution in [3.63, 3.8) is 0 Å². The maximum absolute atomic E-state index is 12.4. The topological polar surface area (TPSA) is 81.1 Å². The molecule has 3 aromatic rings. The van der Waals surface area contributed by atoms with Crippen molar-refractivity contribution in [2.24, 2.45) is 0 Å². The summed E-state index contributed by atoms with van der Waals surface area (Å²) in [6.07, 6.45) is 2.37. The fourth-order valence-corrected chi connectivity index (χ4v) is 4.97. The van der Waals surface area contributed by atoms with Crippen molar-refractivity contribution < 1.29 is 24.1 Å². The number of nitrogens with zero attached hydrogens (tertiary/aromatic N) is 2. The Hall–Kier alpha value is -3.48. The van der Waals surface area contributed by atoms with Gasteiger partial charge in [0.25, 0.3) is 0 Å². The van der Waals surface area contributed by atoms with Crippen LogP contribution in [0.15, 0.2) is 18.2 Å². The molecule has 5 rings (SSSR count). The zero-order chi connectivity index (χ0) is 21.9. The highest BCUT2D eigenvalue weighted by Gasteiger charge is 2.33. The van der Waals surface area contributed by atoms with Gasteiger partial charge in [-0.1, -0.05) is 0 Å². The first-order chi connectivity index (χ1) is 15.0. The lowest BCUT2D eigenvalue weighted by molar-refractivity contribution is -0.116. The minimum atomic E-state index is -0.0400. The van der Waals surface area contributed by atoms with E-state index in [2.05, 4.69) is 0 Å². The third-order valence-electron chi connectivity index (χ3n) is 6.35. The molecular formula is C24H24N2O5. The van der Waals surface area contributed by atoms with Crippen LogP contribution in [-0.4, -0.2) is 43.9 Å². The molecule has 2 aliphatic rings. The van der Waals surface area contributed by atoms with Gasteiger partial charge in [-0.3, -0.25) is 4.79 Å². The number of aryl methyl sites for hydroxylation is 1. The number of carbonyl (C=O) groups is 1. The molecule has 0 radical (unpaired) electrons. The molecule has 0 saturated heterocycles. The van der Waals surface area contributed by atoms with Crippen LogP contribution in [0.25, 0.3) is 22.2 Å². The van der Waals surface area contributed by atoms with Gasteiger partial charge in [0.1, 0.15) is 0 Å². The molecule has 2 heterocycles. The van der Waals surface area contributed by atoms with E-state index in [-0.39, 0.29) is 11.7 Å². The average Bonchev–Trinajstić information content (AvgIpc) is 2.77. The van der Waals surface area contributed by atoms with Crippen LogP contribution in [0.3, 0.4) is 0 Å². The lowest BCUT2D eigenvalue weighted by atomic mass is 9.82. The molecule has 0 fully saturated rings. The number of phenolic OH excluding ortho intramolecular Hbond substituents is 1. The first kappa shape index (κ1) is 19.5. The first-order valence-electron chi connectivity index (χ1n) is 10.3. The number of aromatic nitrogens is 1. The quantitative estimate of drug-likeness (QED) is 0.697. The Morgan fingerprint density at radius 2 is 1.77 bits per heavy atom. The molecule has 2 aromatic carbocycles. The molecule has 1 N–H and O–H groups in total. The summed E-state index contributed by atoms with van der Waals surface area (Å²) >= 11 is 0. The Bertz CT molecular complexity index is 1250. The molecule has 1 aliphatic heterocycles. The summed E-state index contributed by atoms with van der Waals surface area (Å²) in [5, 5.41) is 11.2. The van der Waals surface area contributed by atoms with E-state index in [0.717, 1.165) is 52.7 Å². The van der Waals surface area contributed by atoms with E-state index < -0.39 is 0 Å². The highest BCUT2D eigenvalue weighted by Crippen LogP contribution is 2.50. The van der Waals surface area contributed by atoms with Gasteiger partial charge in [-0.2, -0.15) is 0 Å². The van der Waals surface area contributed by atoms with Crippen molar-refractivity contribution in [3.05, 3.63) is 34.9 Å². The minimum absolute atomic E-state index is 0.0400. The number of aromatic hydroxyl groups is 1. The number of pyridine rings is 1. The zero-order valence-electron chi connectivity index (χ0n) is 18.0. The molecule has 1 aromatic heterocycles. The Kier molecular flexibility index (Phi) is 4.43. The molecule has 1 aliphatic carbocycles. The summed E-state index contributed by atoms with van der Waals surface area (Å²) in [4.78, 5) is 19.2. The molecule has 7 nitrogen and oxygen atoms in total. The molecule has 0 bridgehead atoms. The predicted octanol–water partition coefficient (Wildman–Crippen LogP) is 3.64. The molecule has 0 spiro atoms. The Morgan fingerprint density at radius 3 is 2.45 bits per heavy atom. The van der Waals surface area contributed by atoms with E-state index in [0.29, 0.717) is 23.8 Å². The Labute approximate surface area is 180 Å². The SMILES string of the molecule is COc1cc2c(cc1O)CCc1c-2nc2cc(OC)c(OC)c3c2c1CCN3C(C)=O. The molecule has 0 saturated carbocycles. The monoisotopic (exact) mass is 420 g/mol. The van der Waals surface area contributed by atoms with Gasteiger partial charge in [0.15, 0.2) is 23.0 Å². The lowest BCUT2D eigenvalue weighted by Gasteiger charge is -2.33. The van der Waals surface area contributed by atoms with Crippen LogP contribution in [0.1, 0.15) is 23.6 Å². The van der Waals surface area contributed by atoms with Crippen molar-refractivity contribution in [1.29, 1.82) is 0 Å². The molecule has 0 atom stereocenters. The zero-order valence-corrected chi connectivity index (χ0v) is 18.0. The summed E-state index contributed by atoms with van der Waals surface area (Å²) in [5.41, 5.74) is 6.79. The largest absolute Gasteiger partial charge is 0.504 e. The number of phenols is 1. The highest BCUT2D eigenvalue weighted by molar-refractivity contribution is 6.09. The number of rotatable bonds is 3. The van der Waals surface area contributed by atoms with E-state index in [4.69, 9.17) is 19.2 Å². The first-order valence-corrected chi connectivity index (χ1v) is 10.3. The van der Waals surface area contributed by atoms with Crippen molar-refractivity contribution in [2.45, 2.75) is 26.2 Å². The number of carbonyl (C=O) groups excluding carboxylic acids is 1. The molecular weight excluding hydrogens is 396 g/mol. The van der Waals surface area contributed by atoms with Gasteiger partial charge in [0, 0.05) is 30.5 Å². The highest BCUT2D eigenvalue weighted by atomic mass is 16.5. The van der Waals surface area contributed by atoms with Gasteiger partial charge in [-0.15, -0.1) is 0 Å². The smallest absolute Gasteiger partial charge is 0.223 e. The van der Waals surface area contributed by atoms with Crippen LogP contribution in [0.2, 0.25) is 0 Å². The summed E-state index contributed by atoms with van der Waals surface area (Å²) in [6.45, 7) is 2.14. The van der Waals surface area contributed by atoms with E-state index in [9.17, 15) is 9.90 Å². The maximum Gasteiger partial charge on any atom is 0.223 e. The molecule has 31 heavy (non-hydrogen) atoms. The second kappa shape index (κ2) is 7.04. The number of hydrogen-bond acceptors (Lipinski definition) is 6. The van der Waals surface area contributed by atoms with Crippen molar-refractivity contribution in [1.82, 2.24) is 4.98 Å². The number of amides is 1. The summed E-state index contributed by atoms with van der Waals surface area (Å²) in [6, 6.07) is 5.50. The fourth-order valence-electron chi connectivity index (χ4n) is 4.97. The number of benzene rings is 2. The van der Waals surface area contributed by atoms with Gasteiger partial charge in [0.05, 0.1) is 38.2 Å². The summed E-state index contributed by atoms with van der Waals surface area (Å²) in [5.74, 6) is 1.61. The predicted molar refractivity (Wildman–Crippen MR) is 118 cm³/mol. The van der Waals surface area contributed by atoms with Gasteiger partial charge in [-0.25, -0.2) is 4.98 Å². The van der Waals surface area contributed by atoms with Crippen LogP contribution in [0.4, 0.5) is 5.69 Å². The second-order valence-corrected chi connectivity index (χ2v) is 7.87. The van der Waals surface area contributed by atoms with Gasteiger partial charge < -0.3 is 24.2 Å². The Balaban J connectivity index is 1.88. The van der Waals surface area contributed by atoms with E-state index in [1.807, 2.05) is 12.1 Å². The van der Waals surface area contributed by atoms with Gasteiger partial charge in [0.2, 0.25) is 5.91 Å². The van der Waals surface area contributed by atoms with Gasteiger partial charge in [-0.05, 0) is 48.1 Å². The molecule has 1 amide bonds. The normalized spacial score (nSPS) is 14.1. The summed E-state index contributed by atoms with van der Waals surface area (Å²) in [7, 11) is 4.72. The third-order valence-corrected chi connectivity index (χ3v) is 6.35. The van der Waals surface area contributed by atoms with Crippen LogP contribution in [-0.2, 0) is 24.1 Å². The van der Waals surface area contributed by atoms with Crippen LogP contribution < -0.4 is 19.1 Å². The van der Waals surface area contributed by atoms with Crippen LogP contribution in [0, 0.1) is 0 Å². The van der Waals surface area contributed by atoms with Crippen molar-refractivity contribution in [2.75, 3.05) is 32.8 Å². The van der Waals surface area contributed by atoms with E-state index in [1.165, 1.54) is 11.1 Å². The third kappa shape index (κ3) is 2.72. The van der Waals surface area contributed by atoms with E-state index in [1.54, 1.807) is 39.2 Å². The van der Waals surface area contributed by atoms with Crippen LogP contribution in [0.5, 0.6) is 23.0 Å². The lowest BCUT2D eigenvalue weighted by Crippen LogP contribution is -2.34. The molecule has 7 heteroatoms. The van der Waals surface area contributed by atoms with Crippen LogP contribution >= 0.6 is 0 Å². The number of methoxy groups -OCH3 is 3. The van der Waals surface area contributed by atoms with E-state index >= 15 is 0 Å². The maximum atomic E-state index is 12.4. The van der Waals surface area contributed by atoms with Gasteiger partial charge >= 0.3 is 0 Å². The Morgan fingerprint density at radius 1 is 1.00 bits per heavy atom. The number of ether oxygens (including phenoxy) is 3. The average molecular weight is 420 g/mol. The number of fused-ring (bicyclic) bond motifs is 4. The fraction of sp³-hybridized carbons (Fsp3) is 0.333. The number of anilines is 1.